The van der Waals surface area contributed by atoms with Crippen LogP contribution in [0.25, 0.3) is 0 Å². The van der Waals surface area contributed by atoms with Crippen LogP contribution in [0.1, 0.15) is 51.5 Å². The van der Waals surface area contributed by atoms with E-state index in [4.69, 9.17) is 17.0 Å². The fourth-order valence-corrected chi connectivity index (χ4v) is 3.95. The van der Waals surface area contributed by atoms with Gasteiger partial charge in [0.15, 0.2) is 4.77 Å². The Hall–Kier alpha value is -1.10. The molecule has 0 radical (unpaired) electrons. The molecule has 0 amide bonds. The van der Waals surface area contributed by atoms with Gasteiger partial charge in [-0.25, -0.2) is 0 Å². The molecule has 3 atom stereocenters. The average Bonchev–Trinajstić information content (AvgIpc) is 2.25. The van der Waals surface area contributed by atoms with Crippen LogP contribution in [0.15, 0.2) is 4.79 Å². The first-order valence-electron chi connectivity index (χ1n) is 6.94. The second-order valence-corrected chi connectivity index (χ2v) is 6.90. The Morgan fingerprint density at radius 2 is 2.05 bits per heavy atom. The third kappa shape index (κ3) is 2.04. The Morgan fingerprint density at radius 3 is 2.79 bits per heavy atom. The summed E-state index contributed by atoms with van der Waals surface area (Å²) in [7, 11) is 0. The van der Waals surface area contributed by atoms with E-state index >= 15 is 0 Å². The lowest BCUT2D eigenvalue weighted by Crippen LogP contribution is -2.48. The van der Waals surface area contributed by atoms with Crippen LogP contribution in [0.4, 0.5) is 0 Å². The van der Waals surface area contributed by atoms with Crippen molar-refractivity contribution in [2.75, 3.05) is 0 Å². The molecule has 2 aliphatic rings. The minimum atomic E-state index is -0.246. The van der Waals surface area contributed by atoms with Gasteiger partial charge < -0.3 is 9.72 Å². The molecule has 1 fully saturated rings. The van der Waals surface area contributed by atoms with E-state index in [1.54, 1.807) is 0 Å². The van der Waals surface area contributed by atoms with Crippen LogP contribution >= 0.6 is 12.2 Å². The average molecular weight is 280 g/mol. The Labute approximate surface area is 117 Å². The molecule has 0 bridgehead atoms. The first-order chi connectivity index (χ1) is 8.88. The second kappa shape index (κ2) is 4.20. The third-order valence-electron chi connectivity index (χ3n) is 4.68. The topological polar surface area (TPSA) is 57.9 Å². The van der Waals surface area contributed by atoms with Crippen LogP contribution in [0.5, 0.6) is 5.88 Å². The van der Waals surface area contributed by atoms with E-state index in [9.17, 15) is 4.79 Å². The molecule has 1 aromatic rings. The maximum Gasteiger partial charge on any atom is 0.259 e. The van der Waals surface area contributed by atoms with Gasteiger partial charge in [0.2, 0.25) is 5.88 Å². The number of hydrogen-bond donors (Lipinski definition) is 2. The molecule has 19 heavy (non-hydrogen) atoms. The Bertz CT molecular complexity index is 617. The Morgan fingerprint density at radius 1 is 1.32 bits per heavy atom. The summed E-state index contributed by atoms with van der Waals surface area (Å²) in [5.74, 6) is 1.92. The molecule has 0 saturated heterocycles. The SMILES string of the molecule is CC1CCC2C(C1)c1c([nH]c(=S)[nH]c1=O)OC2(C)C. The quantitative estimate of drug-likeness (QED) is 0.718. The molecule has 3 rings (SSSR count). The lowest BCUT2D eigenvalue weighted by Gasteiger charge is -2.47. The zero-order chi connectivity index (χ0) is 13.8. The molecular weight excluding hydrogens is 260 g/mol. The maximum absolute atomic E-state index is 12.2. The molecule has 1 saturated carbocycles. The summed E-state index contributed by atoms with van der Waals surface area (Å²) in [6.07, 6.45) is 3.38. The van der Waals surface area contributed by atoms with Gasteiger partial charge in [-0.1, -0.05) is 13.3 Å². The lowest BCUT2D eigenvalue weighted by molar-refractivity contribution is -0.0186. The Balaban J connectivity index is 2.18. The molecule has 0 aromatic carbocycles. The highest BCUT2D eigenvalue weighted by Crippen LogP contribution is 2.50. The van der Waals surface area contributed by atoms with Gasteiger partial charge in [0, 0.05) is 11.8 Å². The van der Waals surface area contributed by atoms with Crippen molar-refractivity contribution in [3.63, 3.8) is 0 Å². The molecule has 1 aromatic heterocycles. The monoisotopic (exact) mass is 280 g/mol. The summed E-state index contributed by atoms with van der Waals surface area (Å²) < 4.78 is 6.38. The van der Waals surface area contributed by atoms with Crippen molar-refractivity contribution in [1.82, 2.24) is 9.97 Å². The summed E-state index contributed by atoms with van der Waals surface area (Å²) in [5, 5.41) is 0. The van der Waals surface area contributed by atoms with E-state index in [-0.39, 0.29) is 17.1 Å². The summed E-state index contributed by atoms with van der Waals surface area (Å²) in [6, 6.07) is 0. The van der Waals surface area contributed by atoms with Gasteiger partial charge in [0.1, 0.15) is 5.60 Å². The van der Waals surface area contributed by atoms with Gasteiger partial charge in [-0.15, -0.1) is 0 Å². The number of fused-ring (bicyclic) bond motifs is 3. The highest BCUT2D eigenvalue weighted by atomic mass is 32.1. The zero-order valence-electron chi connectivity index (χ0n) is 11.6. The van der Waals surface area contributed by atoms with Crippen LogP contribution in [0, 0.1) is 16.6 Å². The van der Waals surface area contributed by atoms with E-state index in [1.807, 2.05) is 0 Å². The van der Waals surface area contributed by atoms with Crippen LogP contribution in [0.2, 0.25) is 0 Å². The van der Waals surface area contributed by atoms with Crippen LogP contribution in [0.3, 0.4) is 0 Å². The van der Waals surface area contributed by atoms with Gasteiger partial charge in [-0.2, -0.15) is 0 Å². The number of rotatable bonds is 0. The van der Waals surface area contributed by atoms with Crippen molar-refractivity contribution >= 4 is 12.2 Å². The van der Waals surface area contributed by atoms with Crippen molar-refractivity contribution < 1.29 is 4.74 Å². The minimum absolute atomic E-state index is 0.0849. The van der Waals surface area contributed by atoms with Gasteiger partial charge in [-0.05, 0) is 44.8 Å². The number of hydrogen-bond acceptors (Lipinski definition) is 3. The van der Waals surface area contributed by atoms with E-state index in [2.05, 4.69) is 30.7 Å². The van der Waals surface area contributed by atoms with Crippen molar-refractivity contribution in [2.24, 2.45) is 11.8 Å². The number of nitrogens with one attached hydrogen (secondary N) is 2. The molecule has 104 valence electrons. The zero-order valence-corrected chi connectivity index (χ0v) is 12.4. The molecule has 2 N–H and O–H groups in total. The van der Waals surface area contributed by atoms with Gasteiger partial charge in [0.05, 0.1) is 5.56 Å². The van der Waals surface area contributed by atoms with E-state index in [0.717, 1.165) is 18.4 Å². The summed E-state index contributed by atoms with van der Waals surface area (Å²) in [6.45, 7) is 6.49. The molecule has 1 aliphatic carbocycles. The van der Waals surface area contributed by atoms with Crippen LogP contribution in [-0.4, -0.2) is 15.6 Å². The first-order valence-corrected chi connectivity index (χ1v) is 7.35. The van der Waals surface area contributed by atoms with Crippen molar-refractivity contribution in [1.29, 1.82) is 0 Å². The highest BCUT2D eigenvalue weighted by molar-refractivity contribution is 7.71. The molecule has 2 heterocycles. The molecule has 0 spiro atoms. The first kappa shape index (κ1) is 12.9. The third-order valence-corrected chi connectivity index (χ3v) is 4.89. The van der Waals surface area contributed by atoms with Crippen molar-refractivity contribution in [2.45, 2.75) is 51.6 Å². The summed E-state index contributed by atoms with van der Waals surface area (Å²) >= 11 is 5.04. The highest BCUT2D eigenvalue weighted by Gasteiger charge is 2.47. The van der Waals surface area contributed by atoms with Crippen molar-refractivity contribution in [3.8, 4) is 5.88 Å². The van der Waals surface area contributed by atoms with E-state index in [1.165, 1.54) is 6.42 Å². The largest absolute Gasteiger partial charge is 0.472 e. The standard InChI is InChI=1S/C14H20N2O2S/c1-7-4-5-9-8(6-7)10-11(17)15-13(19)16-12(10)18-14(9,2)3/h7-9H,4-6H2,1-3H3,(H2,15,16,17,19). The molecule has 5 heteroatoms. The smallest absolute Gasteiger partial charge is 0.259 e. The Kier molecular flexibility index (Phi) is 2.85. The predicted octanol–water partition coefficient (Wildman–Crippen LogP) is 3.12. The van der Waals surface area contributed by atoms with Gasteiger partial charge in [0.25, 0.3) is 5.56 Å². The van der Waals surface area contributed by atoms with E-state index in [0.29, 0.717) is 22.5 Å². The number of ether oxygens (including phenoxy) is 1. The lowest BCUT2D eigenvalue weighted by atomic mass is 9.65. The molecule has 3 unspecified atom stereocenters. The van der Waals surface area contributed by atoms with E-state index < -0.39 is 0 Å². The molecular formula is C14H20N2O2S. The number of H-pyrrole nitrogens is 2. The van der Waals surface area contributed by atoms with Gasteiger partial charge in [-0.3, -0.25) is 9.78 Å². The van der Waals surface area contributed by atoms with Crippen molar-refractivity contribution in [3.05, 3.63) is 20.7 Å². The van der Waals surface area contributed by atoms with Crippen LogP contribution in [-0.2, 0) is 0 Å². The molecule has 1 aliphatic heterocycles. The fraction of sp³-hybridized carbons (Fsp3) is 0.714. The normalized spacial score (nSPS) is 32.1. The van der Waals surface area contributed by atoms with Crippen LogP contribution < -0.4 is 10.3 Å². The number of aromatic nitrogens is 2. The predicted molar refractivity (Wildman–Crippen MR) is 76.2 cm³/mol. The summed E-state index contributed by atoms with van der Waals surface area (Å²) in [4.78, 5) is 17.9. The summed E-state index contributed by atoms with van der Waals surface area (Å²) in [5.41, 5.74) is 0.437. The fourth-order valence-electron chi connectivity index (χ4n) is 3.76. The second-order valence-electron chi connectivity index (χ2n) is 6.49. The number of aromatic amines is 2. The molecule has 4 nitrogen and oxygen atoms in total. The minimum Gasteiger partial charge on any atom is -0.472 e. The maximum atomic E-state index is 12.2. The van der Waals surface area contributed by atoms with Gasteiger partial charge >= 0.3 is 0 Å².